The molecule has 3 aromatic carbocycles. The topological polar surface area (TPSA) is 142 Å². The van der Waals surface area contributed by atoms with Crippen molar-refractivity contribution >= 4 is 27.6 Å². The van der Waals surface area contributed by atoms with Crippen LogP contribution in [0.3, 0.4) is 0 Å². The second-order valence-electron chi connectivity index (χ2n) is 10.6. The summed E-state index contributed by atoms with van der Waals surface area (Å²) in [6.07, 6.45) is 0.252. The van der Waals surface area contributed by atoms with Gasteiger partial charge in [0.25, 0.3) is 5.69 Å². The van der Waals surface area contributed by atoms with Crippen molar-refractivity contribution in [2.75, 3.05) is 0 Å². The van der Waals surface area contributed by atoms with E-state index >= 15 is 0 Å². The molecule has 10 nitrogen and oxygen atoms in total. The number of sulfonamides is 1. The van der Waals surface area contributed by atoms with E-state index in [1.807, 2.05) is 52.0 Å². The standard InChI is InChI=1S/C31H36N2O8S/c1-19(2)28-11-7-9-23(30(28)40-21(5)34)17-25(32-42(38,39)27-15-13-26(14-16-27)33(36)37)18-24-10-8-12-29(20(3)4)31(24)41-22(6)35/h7-16,19-20,25,32H,17-18H2,1-6H3. The van der Waals surface area contributed by atoms with Crippen molar-refractivity contribution < 1.29 is 32.4 Å². The summed E-state index contributed by atoms with van der Waals surface area (Å²) in [6, 6.07) is 14.7. The molecule has 42 heavy (non-hydrogen) atoms. The molecule has 1 N–H and O–H groups in total. The van der Waals surface area contributed by atoms with E-state index in [1.54, 1.807) is 12.1 Å². The predicted molar refractivity (Wildman–Crippen MR) is 158 cm³/mol. The van der Waals surface area contributed by atoms with Crippen LogP contribution in [0.25, 0.3) is 0 Å². The molecule has 0 bridgehead atoms. The largest absolute Gasteiger partial charge is 0.426 e. The minimum absolute atomic E-state index is 0.0212. The van der Waals surface area contributed by atoms with Gasteiger partial charge in [0.1, 0.15) is 11.5 Å². The van der Waals surface area contributed by atoms with Crippen molar-refractivity contribution in [1.82, 2.24) is 4.72 Å². The summed E-state index contributed by atoms with van der Waals surface area (Å²) in [5, 5.41) is 11.1. The maximum atomic E-state index is 13.5. The van der Waals surface area contributed by atoms with Crippen LogP contribution in [0.4, 0.5) is 5.69 Å². The van der Waals surface area contributed by atoms with Crippen LogP contribution in [0, 0.1) is 10.1 Å². The van der Waals surface area contributed by atoms with Crippen molar-refractivity contribution in [3.05, 3.63) is 93.0 Å². The molecule has 0 saturated heterocycles. The van der Waals surface area contributed by atoms with Crippen LogP contribution in [-0.2, 0) is 32.5 Å². The summed E-state index contributed by atoms with van der Waals surface area (Å²) < 4.78 is 41.0. The smallest absolute Gasteiger partial charge is 0.308 e. The highest BCUT2D eigenvalue weighted by atomic mass is 32.2. The highest BCUT2D eigenvalue weighted by molar-refractivity contribution is 7.89. The Hall–Kier alpha value is -4.09. The fourth-order valence-electron chi connectivity index (χ4n) is 4.70. The lowest BCUT2D eigenvalue weighted by Crippen LogP contribution is -2.38. The van der Waals surface area contributed by atoms with Crippen LogP contribution in [0.5, 0.6) is 11.5 Å². The van der Waals surface area contributed by atoms with Crippen molar-refractivity contribution in [2.24, 2.45) is 0 Å². The van der Waals surface area contributed by atoms with E-state index in [-0.39, 0.29) is 35.3 Å². The third-order valence-electron chi connectivity index (χ3n) is 6.60. The summed E-state index contributed by atoms with van der Waals surface area (Å²) >= 11 is 0. The van der Waals surface area contributed by atoms with Crippen LogP contribution in [0.2, 0.25) is 0 Å². The molecule has 0 aromatic heterocycles. The molecule has 0 unspecified atom stereocenters. The number of non-ortho nitro benzene ring substituents is 1. The molecule has 3 aromatic rings. The molecular formula is C31H36N2O8S. The maximum absolute atomic E-state index is 13.5. The average molecular weight is 597 g/mol. The molecule has 0 fully saturated rings. The van der Waals surface area contributed by atoms with E-state index in [9.17, 15) is 28.1 Å². The van der Waals surface area contributed by atoms with E-state index < -0.39 is 32.9 Å². The first-order valence-corrected chi connectivity index (χ1v) is 15.0. The SMILES string of the molecule is CC(=O)Oc1c(CC(Cc2cccc(C(C)C)c2OC(C)=O)NS(=O)(=O)c2ccc([N+](=O)[O-])cc2)cccc1C(C)C. The number of nitrogens with one attached hydrogen (secondary N) is 1. The second-order valence-corrected chi connectivity index (χ2v) is 12.4. The van der Waals surface area contributed by atoms with Crippen molar-refractivity contribution in [3.8, 4) is 11.5 Å². The summed E-state index contributed by atoms with van der Waals surface area (Å²) in [7, 11) is -4.15. The third kappa shape index (κ3) is 8.23. The van der Waals surface area contributed by atoms with Crippen LogP contribution in [0.15, 0.2) is 65.6 Å². The molecule has 0 spiro atoms. The third-order valence-corrected chi connectivity index (χ3v) is 8.14. The number of carbonyl (C=O) groups excluding carboxylic acids is 2. The quantitative estimate of drug-likeness (QED) is 0.119. The Labute approximate surface area is 246 Å². The van der Waals surface area contributed by atoms with Gasteiger partial charge in [-0.3, -0.25) is 19.7 Å². The number of nitro benzene ring substituents is 1. The molecule has 0 saturated carbocycles. The zero-order valence-electron chi connectivity index (χ0n) is 24.5. The Balaban J connectivity index is 2.12. The fraction of sp³-hybridized carbons (Fsp3) is 0.355. The van der Waals surface area contributed by atoms with Crippen molar-refractivity contribution in [2.45, 2.75) is 77.2 Å². The number of carbonyl (C=O) groups is 2. The predicted octanol–water partition coefficient (Wildman–Crippen LogP) is 5.82. The fourth-order valence-corrected chi connectivity index (χ4v) is 5.93. The number of nitrogens with zero attached hydrogens (tertiary/aromatic N) is 1. The number of hydrogen-bond donors (Lipinski definition) is 1. The van der Waals surface area contributed by atoms with E-state index in [1.165, 1.54) is 26.0 Å². The molecule has 3 rings (SSSR count). The molecule has 224 valence electrons. The zero-order chi connectivity index (χ0) is 31.2. The second kappa shape index (κ2) is 13.7. The highest BCUT2D eigenvalue weighted by Crippen LogP contribution is 2.34. The van der Waals surface area contributed by atoms with Crippen LogP contribution >= 0.6 is 0 Å². The molecule has 0 aliphatic rings. The van der Waals surface area contributed by atoms with Gasteiger partial charge in [0.2, 0.25) is 10.0 Å². The molecular weight excluding hydrogens is 560 g/mol. The Kier molecular flexibility index (Phi) is 10.6. The van der Waals surface area contributed by atoms with Gasteiger partial charge in [-0.25, -0.2) is 13.1 Å². The molecule has 0 radical (unpaired) electrons. The first kappa shape index (κ1) is 32.4. The van der Waals surface area contributed by atoms with E-state index in [4.69, 9.17) is 9.47 Å². The number of esters is 2. The molecule has 0 atom stereocenters. The monoisotopic (exact) mass is 596 g/mol. The Morgan fingerprint density at radius 1 is 0.786 bits per heavy atom. The van der Waals surface area contributed by atoms with Gasteiger partial charge in [0, 0.05) is 32.0 Å². The average Bonchev–Trinajstić information content (AvgIpc) is 2.89. The van der Waals surface area contributed by atoms with Gasteiger partial charge < -0.3 is 9.47 Å². The zero-order valence-corrected chi connectivity index (χ0v) is 25.4. The molecule has 11 heteroatoms. The lowest BCUT2D eigenvalue weighted by molar-refractivity contribution is -0.384. The number of ether oxygens (including phenoxy) is 2. The van der Waals surface area contributed by atoms with Crippen LogP contribution in [-0.4, -0.2) is 31.3 Å². The lowest BCUT2D eigenvalue weighted by Gasteiger charge is -2.24. The Morgan fingerprint density at radius 2 is 1.21 bits per heavy atom. The number of benzene rings is 3. The first-order chi connectivity index (χ1) is 19.7. The molecule has 0 amide bonds. The van der Waals surface area contributed by atoms with Gasteiger partial charge in [0.05, 0.1) is 9.82 Å². The van der Waals surface area contributed by atoms with Gasteiger partial charge in [-0.15, -0.1) is 0 Å². The van der Waals surface area contributed by atoms with Crippen LogP contribution < -0.4 is 14.2 Å². The molecule has 0 heterocycles. The summed E-state index contributed by atoms with van der Waals surface area (Å²) in [5.41, 5.74) is 2.58. The summed E-state index contributed by atoms with van der Waals surface area (Å²) in [4.78, 5) is 34.4. The van der Waals surface area contributed by atoms with E-state index in [0.29, 0.717) is 22.6 Å². The van der Waals surface area contributed by atoms with Crippen molar-refractivity contribution in [3.63, 3.8) is 0 Å². The Bertz CT molecular complexity index is 1490. The molecule has 0 aliphatic carbocycles. The van der Waals surface area contributed by atoms with Crippen molar-refractivity contribution in [1.29, 1.82) is 0 Å². The summed E-state index contributed by atoms with van der Waals surface area (Å²) in [5.74, 6) is -0.227. The van der Waals surface area contributed by atoms with E-state index in [2.05, 4.69) is 4.72 Å². The number of nitro groups is 1. The van der Waals surface area contributed by atoms with Gasteiger partial charge in [0.15, 0.2) is 0 Å². The number of rotatable bonds is 12. The van der Waals surface area contributed by atoms with Gasteiger partial charge in [-0.05, 0) is 59.1 Å². The number of hydrogen-bond acceptors (Lipinski definition) is 8. The number of para-hydroxylation sites is 2. The van der Waals surface area contributed by atoms with E-state index in [0.717, 1.165) is 23.3 Å². The maximum Gasteiger partial charge on any atom is 0.308 e. The Morgan fingerprint density at radius 3 is 1.57 bits per heavy atom. The minimum Gasteiger partial charge on any atom is -0.426 e. The lowest BCUT2D eigenvalue weighted by atomic mass is 9.92. The highest BCUT2D eigenvalue weighted by Gasteiger charge is 2.26. The van der Waals surface area contributed by atoms with Gasteiger partial charge >= 0.3 is 11.9 Å². The van der Waals surface area contributed by atoms with Gasteiger partial charge in [-0.2, -0.15) is 0 Å². The normalized spacial score (nSPS) is 11.6. The van der Waals surface area contributed by atoms with Gasteiger partial charge in [-0.1, -0.05) is 64.1 Å². The molecule has 0 aliphatic heterocycles. The first-order valence-electron chi connectivity index (χ1n) is 13.6. The van der Waals surface area contributed by atoms with Crippen LogP contribution in [0.1, 0.15) is 75.6 Å². The minimum atomic E-state index is -4.15. The summed E-state index contributed by atoms with van der Waals surface area (Å²) in [6.45, 7) is 10.5.